The summed E-state index contributed by atoms with van der Waals surface area (Å²) in [6, 6.07) is 0. The van der Waals surface area contributed by atoms with Gasteiger partial charge in [0.1, 0.15) is 0 Å². The summed E-state index contributed by atoms with van der Waals surface area (Å²) in [5, 5.41) is 3.49. The maximum Gasteiger partial charge on any atom is 0.204 e. The van der Waals surface area contributed by atoms with Gasteiger partial charge in [0, 0.05) is 27.7 Å². The highest BCUT2D eigenvalue weighted by atomic mass is 15.3. The van der Waals surface area contributed by atoms with Gasteiger partial charge >= 0.3 is 0 Å². The Labute approximate surface area is 117 Å². The van der Waals surface area contributed by atoms with E-state index in [9.17, 15) is 0 Å². The molecule has 1 rings (SSSR count). The molecule has 1 heterocycles. The first-order chi connectivity index (χ1) is 9.10. The number of rotatable bonds is 9. The average molecular weight is 267 g/mol. The number of nitrogens with zero attached hydrogens (tertiary/aromatic N) is 4. The van der Waals surface area contributed by atoms with Gasteiger partial charge in [-0.25, -0.2) is 4.98 Å². The molecule has 110 valence electrons. The van der Waals surface area contributed by atoms with Gasteiger partial charge in [0.2, 0.25) is 5.95 Å². The van der Waals surface area contributed by atoms with Gasteiger partial charge in [-0.15, -0.1) is 0 Å². The maximum atomic E-state index is 4.41. The van der Waals surface area contributed by atoms with Crippen LogP contribution < -0.4 is 10.2 Å². The molecule has 1 N–H and O–H groups in total. The van der Waals surface area contributed by atoms with E-state index in [1.54, 1.807) is 0 Å². The van der Waals surface area contributed by atoms with Gasteiger partial charge in [-0.3, -0.25) is 0 Å². The number of aromatic nitrogens is 2. The second kappa shape index (κ2) is 8.17. The molecule has 0 aliphatic rings. The molecule has 0 atom stereocenters. The minimum atomic E-state index is 0.885. The second-order valence-corrected chi connectivity index (χ2v) is 5.06. The fraction of sp³-hybridized carbons (Fsp3) is 0.786. The smallest absolute Gasteiger partial charge is 0.204 e. The lowest BCUT2D eigenvalue weighted by Gasteiger charge is -2.17. The van der Waals surface area contributed by atoms with E-state index in [1.807, 2.05) is 25.2 Å². The molecule has 0 saturated carbocycles. The quantitative estimate of drug-likeness (QED) is 0.684. The van der Waals surface area contributed by atoms with Crippen molar-refractivity contribution in [2.45, 2.75) is 26.8 Å². The molecular weight excluding hydrogens is 238 g/mol. The highest BCUT2D eigenvalue weighted by Gasteiger charge is 2.07. The summed E-state index contributed by atoms with van der Waals surface area (Å²) in [5.41, 5.74) is 1.23. The van der Waals surface area contributed by atoms with Gasteiger partial charge in [0.25, 0.3) is 0 Å². The Morgan fingerprint density at radius 3 is 2.47 bits per heavy atom. The Balaban J connectivity index is 2.26. The van der Waals surface area contributed by atoms with Crippen LogP contribution in [-0.4, -0.2) is 54.7 Å². The first-order valence-electron chi connectivity index (χ1n) is 7.21. The Bertz CT molecular complexity index is 355. The van der Waals surface area contributed by atoms with Crippen LogP contribution in [0, 0.1) is 0 Å². The molecule has 0 aliphatic carbocycles. The van der Waals surface area contributed by atoms with Crippen molar-refractivity contribution < 1.29 is 0 Å². The maximum absolute atomic E-state index is 4.41. The molecule has 19 heavy (non-hydrogen) atoms. The van der Waals surface area contributed by atoms with Crippen LogP contribution in [0.4, 0.5) is 5.95 Å². The van der Waals surface area contributed by atoms with Crippen molar-refractivity contribution in [2.24, 2.45) is 7.05 Å². The molecule has 0 fully saturated rings. The van der Waals surface area contributed by atoms with E-state index in [0.717, 1.165) is 32.1 Å². The molecule has 5 heteroatoms. The molecule has 0 bridgehead atoms. The third kappa shape index (κ3) is 4.84. The van der Waals surface area contributed by atoms with Gasteiger partial charge in [-0.1, -0.05) is 13.8 Å². The molecule has 0 radical (unpaired) electrons. The third-order valence-electron chi connectivity index (χ3n) is 3.49. The van der Waals surface area contributed by atoms with Crippen molar-refractivity contribution in [1.82, 2.24) is 19.8 Å². The van der Waals surface area contributed by atoms with E-state index >= 15 is 0 Å². The highest BCUT2D eigenvalue weighted by molar-refractivity contribution is 5.30. The first-order valence-corrected chi connectivity index (χ1v) is 7.21. The number of hydrogen-bond acceptors (Lipinski definition) is 4. The molecule has 0 amide bonds. The molecule has 0 spiro atoms. The van der Waals surface area contributed by atoms with E-state index in [2.05, 4.69) is 40.7 Å². The Morgan fingerprint density at radius 2 is 1.95 bits per heavy atom. The molecule has 1 aromatic heterocycles. The summed E-state index contributed by atoms with van der Waals surface area (Å²) in [4.78, 5) is 8.90. The van der Waals surface area contributed by atoms with Crippen LogP contribution in [0.2, 0.25) is 0 Å². The number of anilines is 1. The largest absolute Gasteiger partial charge is 0.348 e. The fourth-order valence-corrected chi connectivity index (χ4v) is 2.20. The summed E-state index contributed by atoms with van der Waals surface area (Å²) in [7, 11) is 6.10. The van der Waals surface area contributed by atoms with E-state index in [0.29, 0.717) is 0 Å². The Kier molecular flexibility index (Phi) is 6.87. The predicted octanol–water partition coefficient (Wildman–Crippen LogP) is 1.31. The standard InChI is InChI=1S/C14H29N5/c1-6-19(7-2)10-8-9-15-11-13-12-16-14(17(3)4)18(13)5/h12,15H,6-11H2,1-5H3. The zero-order valence-electron chi connectivity index (χ0n) is 13.1. The van der Waals surface area contributed by atoms with Crippen LogP contribution in [0.25, 0.3) is 0 Å². The van der Waals surface area contributed by atoms with E-state index < -0.39 is 0 Å². The monoisotopic (exact) mass is 267 g/mol. The van der Waals surface area contributed by atoms with Crippen LogP contribution in [0.1, 0.15) is 26.0 Å². The number of nitrogens with one attached hydrogen (secondary N) is 1. The summed E-state index contributed by atoms with van der Waals surface area (Å²) in [6.07, 6.45) is 3.15. The van der Waals surface area contributed by atoms with Gasteiger partial charge in [0.05, 0.1) is 11.9 Å². The minimum Gasteiger partial charge on any atom is -0.348 e. The summed E-state index contributed by atoms with van der Waals surface area (Å²) >= 11 is 0. The van der Waals surface area contributed by atoms with Crippen LogP contribution in [0.15, 0.2) is 6.20 Å². The zero-order chi connectivity index (χ0) is 14.3. The van der Waals surface area contributed by atoms with Crippen LogP contribution in [0.5, 0.6) is 0 Å². The summed E-state index contributed by atoms with van der Waals surface area (Å²) in [5.74, 6) is 1.000. The average Bonchev–Trinajstić information content (AvgIpc) is 2.75. The fourth-order valence-electron chi connectivity index (χ4n) is 2.20. The van der Waals surface area contributed by atoms with Crippen LogP contribution in [0.3, 0.4) is 0 Å². The van der Waals surface area contributed by atoms with Crippen molar-refractivity contribution in [2.75, 3.05) is 45.2 Å². The van der Waals surface area contributed by atoms with Gasteiger partial charge in [-0.2, -0.15) is 0 Å². The second-order valence-electron chi connectivity index (χ2n) is 5.06. The summed E-state index contributed by atoms with van der Waals surface area (Å²) < 4.78 is 2.14. The third-order valence-corrected chi connectivity index (χ3v) is 3.49. The SMILES string of the molecule is CCN(CC)CCCNCc1cnc(N(C)C)n1C. The van der Waals surface area contributed by atoms with Crippen molar-refractivity contribution >= 4 is 5.95 Å². The Morgan fingerprint density at radius 1 is 1.26 bits per heavy atom. The Hall–Kier alpha value is -1.07. The van der Waals surface area contributed by atoms with Crippen molar-refractivity contribution in [1.29, 1.82) is 0 Å². The topological polar surface area (TPSA) is 36.3 Å². The molecule has 0 aliphatic heterocycles. The molecular formula is C14H29N5. The van der Waals surface area contributed by atoms with E-state index in [-0.39, 0.29) is 0 Å². The lowest BCUT2D eigenvalue weighted by Crippen LogP contribution is -2.27. The molecule has 5 nitrogen and oxygen atoms in total. The van der Waals surface area contributed by atoms with Crippen molar-refractivity contribution in [3.05, 3.63) is 11.9 Å². The van der Waals surface area contributed by atoms with Gasteiger partial charge < -0.3 is 19.7 Å². The predicted molar refractivity (Wildman–Crippen MR) is 81.6 cm³/mol. The zero-order valence-corrected chi connectivity index (χ0v) is 13.1. The normalized spacial score (nSPS) is 11.3. The first kappa shape index (κ1) is 16.0. The number of imidazole rings is 1. The van der Waals surface area contributed by atoms with Crippen LogP contribution in [-0.2, 0) is 13.6 Å². The lowest BCUT2D eigenvalue weighted by atomic mass is 10.3. The highest BCUT2D eigenvalue weighted by Crippen LogP contribution is 2.10. The molecule has 0 aromatic carbocycles. The lowest BCUT2D eigenvalue weighted by molar-refractivity contribution is 0.298. The van der Waals surface area contributed by atoms with Gasteiger partial charge in [0.15, 0.2) is 0 Å². The molecule has 0 unspecified atom stereocenters. The van der Waals surface area contributed by atoms with Crippen molar-refractivity contribution in [3.8, 4) is 0 Å². The molecule has 1 aromatic rings. The van der Waals surface area contributed by atoms with Crippen LogP contribution >= 0.6 is 0 Å². The summed E-state index contributed by atoms with van der Waals surface area (Å²) in [6.45, 7) is 9.84. The van der Waals surface area contributed by atoms with Gasteiger partial charge in [-0.05, 0) is 32.6 Å². The number of hydrogen-bond donors (Lipinski definition) is 1. The molecule has 0 saturated heterocycles. The van der Waals surface area contributed by atoms with Crippen molar-refractivity contribution in [3.63, 3.8) is 0 Å². The minimum absolute atomic E-state index is 0.885. The van der Waals surface area contributed by atoms with E-state index in [4.69, 9.17) is 0 Å². The van der Waals surface area contributed by atoms with E-state index in [1.165, 1.54) is 18.7 Å².